The molecule has 0 bridgehead atoms. The van der Waals surface area contributed by atoms with Gasteiger partial charge in [-0.2, -0.15) is 0 Å². The van der Waals surface area contributed by atoms with Gasteiger partial charge in [0.25, 0.3) is 10.0 Å². The van der Waals surface area contributed by atoms with Gasteiger partial charge in [-0.05, 0) is 35.2 Å². The molecule has 1 aromatic heterocycles. The molecule has 5 nitrogen and oxygen atoms in total. The van der Waals surface area contributed by atoms with Crippen LogP contribution < -0.4 is 4.90 Å². The fourth-order valence-corrected chi connectivity index (χ4v) is 3.11. The van der Waals surface area contributed by atoms with Crippen LogP contribution >= 0.6 is 0 Å². The van der Waals surface area contributed by atoms with Gasteiger partial charge in [-0.25, -0.2) is 12.7 Å². The number of nitrogens with zero attached hydrogens (tertiary/aromatic N) is 2. The van der Waals surface area contributed by atoms with Crippen molar-refractivity contribution in [2.75, 3.05) is 26.0 Å². The molecule has 0 N–H and O–H groups in total. The van der Waals surface area contributed by atoms with E-state index in [1.54, 1.807) is 6.07 Å². The van der Waals surface area contributed by atoms with Gasteiger partial charge in [-0.1, -0.05) is 32.9 Å². The third kappa shape index (κ3) is 3.99. The zero-order valence-corrected chi connectivity index (χ0v) is 16.0. The Hall–Kier alpha value is -1.79. The molecule has 2 rings (SSSR count). The zero-order valence-electron chi connectivity index (χ0n) is 15.2. The highest BCUT2D eigenvalue weighted by Gasteiger charge is 2.22. The van der Waals surface area contributed by atoms with Crippen molar-refractivity contribution >= 4 is 15.7 Å². The van der Waals surface area contributed by atoms with E-state index in [0.29, 0.717) is 12.3 Å². The molecule has 0 saturated heterocycles. The average Bonchev–Trinajstić information content (AvgIpc) is 2.95. The molecule has 2 aromatic rings. The Morgan fingerprint density at radius 3 is 2.04 bits per heavy atom. The molecule has 0 amide bonds. The molecule has 0 unspecified atom stereocenters. The van der Waals surface area contributed by atoms with Crippen LogP contribution in [-0.2, 0) is 22.0 Å². The van der Waals surface area contributed by atoms with Crippen molar-refractivity contribution in [3.63, 3.8) is 0 Å². The molecule has 0 aliphatic carbocycles. The topological polar surface area (TPSA) is 53.8 Å². The minimum atomic E-state index is -3.53. The molecule has 0 aliphatic rings. The lowest BCUT2D eigenvalue weighted by atomic mass is 9.87. The van der Waals surface area contributed by atoms with E-state index < -0.39 is 10.0 Å². The second-order valence-electron chi connectivity index (χ2n) is 7.16. The third-order valence-electron chi connectivity index (χ3n) is 3.94. The molecule has 0 aliphatic heterocycles. The summed E-state index contributed by atoms with van der Waals surface area (Å²) in [5, 5.41) is -0.0287. The van der Waals surface area contributed by atoms with Crippen molar-refractivity contribution in [3.8, 4) is 0 Å². The molecule has 0 saturated carbocycles. The first-order valence-electron chi connectivity index (χ1n) is 7.85. The van der Waals surface area contributed by atoms with Crippen molar-refractivity contribution in [1.29, 1.82) is 0 Å². The number of sulfonamides is 1. The molecule has 132 valence electrons. The summed E-state index contributed by atoms with van der Waals surface area (Å²) in [6.45, 7) is 7.04. The standard InChI is InChI=1S/C18H26N2O3S/c1-18(2,3)14-7-9-15(10-8-14)20(6)13-16-11-12-17(23-16)24(21,22)19(4)5/h7-12H,13H2,1-6H3. The summed E-state index contributed by atoms with van der Waals surface area (Å²) in [5.74, 6) is 0.609. The molecule has 0 fully saturated rings. The summed E-state index contributed by atoms with van der Waals surface area (Å²) in [6, 6.07) is 11.6. The average molecular weight is 350 g/mol. The number of hydrogen-bond donors (Lipinski definition) is 0. The van der Waals surface area contributed by atoms with Gasteiger partial charge in [0.1, 0.15) is 5.76 Å². The quantitative estimate of drug-likeness (QED) is 0.829. The second kappa shape index (κ2) is 6.61. The fraction of sp³-hybridized carbons (Fsp3) is 0.444. The van der Waals surface area contributed by atoms with Crippen LogP contribution in [-0.4, -0.2) is 33.9 Å². The van der Waals surface area contributed by atoms with E-state index in [4.69, 9.17) is 4.42 Å². The van der Waals surface area contributed by atoms with Gasteiger partial charge < -0.3 is 9.32 Å². The highest BCUT2D eigenvalue weighted by molar-refractivity contribution is 7.88. The number of hydrogen-bond acceptors (Lipinski definition) is 4. The molecular formula is C18H26N2O3S. The Kier molecular flexibility index (Phi) is 5.11. The minimum Gasteiger partial charge on any atom is -0.446 e. The summed E-state index contributed by atoms with van der Waals surface area (Å²) < 4.78 is 30.8. The SMILES string of the molecule is CN(Cc1ccc(S(=O)(=O)N(C)C)o1)c1ccc(C(C)(C)C)cc1. The maximum absolute atomic E-state index is 12.1. The minimum absolute atomic E-state index is 0.0287. The second-order valence-corrected chi connectivity index (χ2v) is 9.24. The normalized spacial score (nSPS) is 12.6. The first-order chi connectivity index (χ1) is 11.0. The van der Waals surface area contributed by atoms with Crippen LogP contribution in [0.5, 0.6) is 0 Å². The Balaban J connectivity index is 2.13. The van der Waals surface area contributed by atoms with Gasteiger partial charge in [0.05, 0.1) is 6.54 Å². The molecule has 0 spiro atoms. The Labute approximate surface area is 144 Å². The van der Waals surface area contributed by atoms with Gasteiger partial charge in [-0.3, -0.25) is 0 Å². The first-order valence-corrected chi connectivity index (χ1v) is 9.29. The number of anilines is 1. The van der Waals surface area contributed by atoms with E-state index >= 15 is 0 Å². The van der Waals surface area contributed by atoms with Crippen molar-refractivity contribution in [2.45, 2.75) is 37.8 Å². The maximum atomic E-state index is 12.1. The molecule has 0 radical (unpaired) electrons. The van der Waals surface area contributed by atoms with E-state index in [9.17, 15) is 8.42 Å². The van der Waals surface area contributed by atoms with Gasteiger partial charge in [0.2, 0.25) is 5.09 Å². The van der Waals surface area contributed by atoms with E-state index in [1.165, 1.54) is 25.7 Å². The lowest BCUT2D eigenvalue weighted by Gasteiger charge is -2.22. The van der Waals surface area contributed by atoms with E-state index in [0.717, 1.165) is 9.99 Å². The Bertz CT molecular complexity index is 784. The van der Waals surface area contributed by atoms with Gasteiger partial charge >= 0.3 is 0 Å². The fourth-order valence-electron chi connectivity index (χ4n) is 2.30. The van der Waals surface area contributed by atoms with Crippen LogP contribution in [0, 0.1) is 0 Å². The van der Waals surface area contributed by atoms with Gasteiger partial charge in [-0.15, -0.1) is 0 Å². The van der Waals surface area contributed by atoms with Gasteiger partial charge in [0.15, 0.2) is 0 Å². The molecule has 0 atom stereocenters. The smallest absolute Gasteiger partial charge is 0.275 e. The molecule has 6 heteroatoms. The molecule has 1 aromatic carbocycles. The van der Waals surface area contributed by atoms with E-state index in [1.807, 2.05) is 11.9 Å². The van der Waals surface area contributed by atoms with Crippen LogP contribution in [0.15, 0.2) is 45.9 Å². The van der Waals surface area contributed by atoms with E-state index in [-0.39, 0.29) is 10.5 Å². The van der Waals surface area contributed by atoms with Gasteiger partial charge in [0, 0.05) is 26.8 Å². The highest BCUT2D eigenvalue weighted by Crippen LogP contribution is 2.25. The number of furan rings is 1. The molecular weight excluding hydrogens is 324 g/mol. The monoisotopic (exact) mass is 350 g/mol. The van der Waals surface area contributed by atoms with Crippen molar-refractivity contribution in [2.24, 2.45) is 0 Å². The van der Waals surface area contributed by atoms with Crippen molar-refractivity contribution < 1.29 is 12.8 Å². The van der Waals surface area contributed by atoms with Crippen LogP contribution in [0.2, 0.25) is 0 Å². The number of benzene rings is 1. The van der Waals surface area contributed by atoms with Crippen LogP contribution in [0.1, 0.15) is 32.1 Å². The summed E-state index contributed by atoms with van der Waals surface area (Å²) in [6.07, 6.45) is 0. The lowest BCUT2D eigenvalue weighted by Crippen LogP contribution is -2.21. The third-order valence-corrected chi connectivity index (χ3v) is 5.63. The predicted octanol–water partition coefficient (Wildman–Crippen LogP) is 3.46. The zero-order chi connectivity index (χ0) is 18.1. The summed E-state index contributed by atoms with van der Waals surface area (Å²) in [4.78, 5) is 2.03. The largest absolute Gasteiger partial charge is 0.446 e. The van der Waals surface area contributed by atoms with Crippen molar-refractivity contribution in [3.05, 3.63) is 47.7 Å². The lowest BCUT2D eigenvalue weighted by molar-refractivity contribution is 0.398. The maximum Gasteiger partial charge on any atom is 0.275 e. The highest BCUT2D eigenvalue weighted by atomic mass is 32.2. The summed E-state index contributed by atoms with van der Waals surface area (Å²) >= 11 is 0. The van der Waals surface area contributed by atoms with Crippen molar-refractivity contribution in [1.82, 2.24) is 4.31 Å². The Morgan fingerprint density at radius 1 is 0.958 bits per heavy atom. The summed E-state index contributed by atoms with van der Waals surface area (Å²) in [5.41, 5.74) is 2.45. The molecule has 1 heterocycles. The van der Waals surface area contributed by atoms with Crippen LogP contribution in [0.3, 0.4) is 0 Å². The molecule has 24 heavy (non-hydrogen) atoms. The van der Waals surface area contributed by atoms with Crippen LogP contribution in [0.4, 0.5) is 5.69 Å². The first kappa shape index (κ1) is 18.5. The number of rotatable bonds is 5. The predicted molar refractivity (Wildman–Crippen MR) is 96.8 cm³/mol. The summed E-state index contributed by atoms with van der Waals surface area (Å²) in [7, 11) is 1.40. The van der Waals surface area contributed by atoms with E-state index in [2.05, 4.69) is 45.0 Å². The van der Waals surface area contributed by atoms with Crippen LogP contribution in [0.25, 0.3) is 0 Å². The Morgan fingerprint density at radius 2 is 1.54 bits per heavy atom.